The molecule has 6 heteroatoms. The summed E-state index contributed by atoms with van der Waals surface area (Å²) in [6.07, 6.45) is 0. The maximum Gasteiger partial charge on any atom is 0.274 e. The highest BCUT2D eigenvalue weighted by Gasteiger charge is 2.10. The van der Waals surface area contributed by atoms with Crippen LogP contribution in [0.3, 0.4) is 0 Å². The minimum absolute atomic E-state index is 0.0208. The molecule has 0 aliphatic carbocycles. The molecule has 0 aliphatic rings. The molecule has 0 bridgehead atoms. The standard InChI is InChI=1S/C14H13N3O3/c1-9-7-10(2)15-13(8-9)14(18)16-11-3-5-12(6-4-11)17(19)20/h3-8H,1-2H3,(H,16,18). The Hall–Kier alpha value is -2.76. The number of pyridine rings is 1. The molecule has 1 aromatic carbocycles. The minimum atomic E-state index is -0.489. The van der Waals surface area contributed by atoms with Crippen molar-refractivity contribution < 1.29 is 9.72 Å². The van der Waals surface area contributed by atoms with Crippen molar-refractivity contribution in [3.05, 3.63) is 63.5 Å². The molecule has 1 aromatic heterocycles. The summed E-state index contributed by atoms with van der Waals surface area (Å²) in [5, 5.41) is 13.2. The summed E-state index contributed by atoms with van der Waals surface area (Å²) in [6, 6.07) is 9.21. The molecule has 0 spiro atoms. The number of hydrogen-bond acceptors (Lipinski definition) is 4. The van der Waals surface area contributed by atoms with Gasteiger partial charge in [-0.3, -0.25) is 14.9 Å². The third kappa shape index (κ3) is 3.17. The van der Waals surface area contributed by atoms with Crippen LogP contribution in [0.15, 0.2) is 36.4 Å². The Morgan fingerprint density at radius 3 is 2.40 bits per heavy atom. The largest absolute Gasteiger partial charge is 0.321 e. The Kier molecular flexibility index (Phi) is 3.74. The summed E-state index contributed by atoms with van der Waals surface area (Å²) in [7, 11) is 0. The van der Waals surface area contributed by atoms with Gasteiger partial charge in [-0.05, 0) is 43.7 Å². The molecule has 6 nitrogen and oxygen atoms in total. The van der Waals surface area contributed by atoms with E-state index < -0.39 is 4.92 Å². The average molecular weight is 271 g/mol. The van der Waals surface area contributed by atoms with Crippen LogP contribution in [0.1, 0.15) is 21.7 Å². The van der Waals surface area contributed by atoms with Gasteiger partial charge >= 0.3 is 0 Å². The van der Waals surface area contributed by atoms with E-state index in [2.05, 4.69) is 10.3 Å². The molecule has 1 amide bonds. The van der Waals surface area contributed by atoms with Gasteiger partial charge in [0.2, 0.25) is 0 Å². The fraction of sp³-hybridized carbons (Fsp3) is 0.143. The highest BCUT2D eigenvalue weighted by Crippen LogP contribution is 2.16. The molecule has 0 atom stereocenters. The third-order valence-corrected chi connectivity index (χ3v) is 2.67. The molecule has 0 aliphatic heterocycles. The monoisotopic (exact) mass is 271 g/mol. The Balaban J connectivity index is 2.16. The number of nitro benzene ring substituents is 1. The Morgan fingerprint density at radius 2 is 1.85 bits per heavy atom. The second-order valence-corrected chi connectivity index (χ2v) is 4.43. The number of carbonyl (C=O) groups is 1. The van der Waals surface area contributed by atoms with Crippen LogP contribution in [0.2, 0.25) is 0 Å². The summed E-state index contributed by atoms with van der Waals surface area (Å²) in [5.74, 6) is -0.342. The molecular formula is C14H13N3O3. The molecule has 20 heavy (non-hydrogen) atoms. The van der Waals surface area contributed by atoms with Crippen LogP contribution >= 0.6 is 0 Å². The number of amides is 1. The van der Waals surface area contributed by atoms with Crippen molar-refractivity contribution >= 4 is 17.3 Å². The van der Waals surface area contributed by atoms with Gasteiger partial charge in [-0.1, -0.05) is 0 Å². The van der Waals surface area contributed by atoms with Crippen molar-refractivity contribution in [3.63, 3.8) is 0 Å². The number of nitro groups is 1. The SMILES string of the molecule is Cc1cc(C)nc(C(=O)Nc2ccc([N+](=O)[O-])cc2)c1. The predicted octanol–water partition coefficient (Wildman–Crippen LogP) is 2.86. The van der Waals surface area contributed by atoms with E-state index in [0.29, 0.717) is 11.4 Å². The third-order valence-electron chi connectivity index (χ3n) is 2.67. The van der Waals surface area contributed by atoms with Crippen molar-refractivity contribution in [2.24, 2.45) is 0 Å². The zero-order chi connectivity index (χ0) is 14.7. The number of hydrogen-bond donors (Lipinski definition) is 1. The normalized spacial score (nSPS) is 10.1. The first-order chi connectivity index (χ1) is 9.45. The minimum Gasteiger partial charge on any atom is -0.321 e. The molecule has 0 saturated carbocycles. The zero-order valence-corrected chi connectivity index (χ0v) is 11.1. The van der Waals surface area contributed by atoms with Crippen LogP contribution in [0, 0.1) is 24.0 Å². The number of benzene rings is 1. The highest BCUT2D eigenvalue weighted by molar-refractivity contribution is 6.03. The first kappa shape index (κ1) is 13.7. The number of aromatic nitrogens is 1. The molecule has 0 unspecified atom stereocenters. The summed E-state index contributed by atoms with van der Waals surface area (Å²) in [5.41, 5.74) is 2.50. The molecular weight excluding hydrogens is 258 g/mol. The molecule has 2 rings (SSSR count). The van der Waals surface area contributed by atoms with Gasteiger partial charge in [0.05, 0.1) is 4.92 Å². The molecule has 102 valence electrons. The topological polar surface area (TPSA) is 85.1 Å². The van der Waals surface area contributed by atoms with Crippen LogP contribution < -0.4 is 5.32 Å². The zero-order valence-electron chi connectivity index (χ0n) is 11.1. The summed E-state index contributed by atoms with van der Waals surface area (Å²) in [4.78, 5) is 26.2. The van der Waals surface area contributed by atoms with E-state index in [9.17, 15) is 14.9 Å². The van der Waals surface area contributed by atoms with Crippen molar-refractivity contribution in [3.8, 4) is 0 Å². The van der Waals surface area contributed by atoms with E-state index in [1.165, 1.54) is 24.3 Å². The van der Waals surface area contributed by atoms with E-state index in [0.717, 1.165) is 11.3 Å². The van der Waals surface area contributed by atoms with Crippen molar-refractivity contribution in [1.29, 1.82) is 0 Å². The lowest BCUT2D eigenvalue weighted by atomic mass is 10.2. The Morgan fingerprint density at radius 1 is 1.20 bits per heavy atom. The first-order valence-corrected chi connectivity index (χ1v) is 5.97. The van der Waals surface area contributed by atoms with Crippen molar-refractivity contribution in [2.45, 2.75) is 13.8 Å². The maximum atomic E-state index is 12.0. The smallest absolute Gasteiger partial charge is 0.274 e. The second-order valence-electron chi connectivity index (χ2n) is 4.43. The predicted molar refractivity (Wildman–Crippen MR) is 74.8 cm³/mol. The Labute approximate surface area is 115 Å². The number of anilines is 1. The molecule has 0 radical (unpaired) electrons. The number of non-ortho nitro benzene ring substituents is 1. The number of nitrogens with one attached hydrogen (secondary N) is 1. The van der Waals surface area contributed by atoms with E-state index in [1.54, 1.807) is 6.07 Å². The van der Waals surface area contributed by atoms with Gasteiger partial charge in [-0.2, -0.15) is 0 Å². The van der Waals surface area contributed by atoms with Crippen LogP contribution in [-0.4, -0.2) is 15.8 Å². The van der Waals surface area contributed by atoms with Gasteiger partial charge in [-0.25, -0.2) is 4.98 Å². The lowest BCUT2D eigenvalue weighted by molar-refractivity contribution is -0.384. The van der Waals surface area contributed by atoms with Crippen LogP contribution in [0.25, 0.3) is 0 Å². The Bertz CT molecular complexity index is 646. The van der Waals surface area contributed by atoms with Crippen LogP contribution in [0.5, 0.6) is 0 Å². The fourth-order valence-corrected chi connectivity index (χ4v) is 1.82. The van der Waals surface area contributed by atoms with E-state index in [4.69, 9.17) is 0 Å². The van der Waals surface area contributed by atoms with Gasteiger partial charge in [0.25, 0.3) is 11.6 Å². The lowest BCUT2D eigenvalue weighted by Crippen LogP contribution is -2.14. The van der Waals surface area contributed by atoms with Crippen LogP contribution in [0.4, 0.5) is 11.4 Å². The quantitative estimate of drug-likeness (QED) is 0.687. The number of nitrogens with zero attached hydrogens (tertiary/aromatic N) is 2. The molecule has 0 saturated heterocycles. The van der Waals surface area contributed by atoms with Gasteiger partial charge in [-0.15, -0.1) is 0 Å². The summed E-state index contributed by atoms with van der Waals surface area (Å²) in [6.45, 7) is 3.70. The number of aryl methyl sites for hydroxylation is 2. The highest BCUT2D eigenvalue weighted by atomic mass is 16.6. The van der Waals surface area contributed by atoms with Crippen LogP contribution in [-0.2, 0) is 0 Å². The molecule has 2 aromatic rings. The van der Waals surface area contributed by atoms with Gasteiger partial charge in [0.15, 0.2) is 0 Å². The number of carbonyl (C=O) groups excluding carboxylic acids is 1. The van der Waals surface area contributed by atoms with Crippen molar-refractivity contribution in [1.82, 2.24) is 4.98 Å². The average Bonchev–Trinajstić information content (AvgIpc) is 2.38. The molecule has 1 N–H and O–H groups in total. The second kappa shape index (κ2) is 5.48. The van der Waals surface area contributed by atoms with Gasteiger partial charge < -0.3 is 5.32 Å². The fourth-order valence-electron chi connectivity index (χ4n) is 1.82. The maximum absolute atomic E-state index is 12.0. The summed E-state index contributed by atoms with van der Waals surface area (Å²) < 4.78 is 0. The van der Waals surface area contributed by atoms with E-state index >= 15 is 0 Å². The summed E-state index contributed by atoms with van der Waals surface area (Å²) >= 11 is 0. The molecule has 1 heterocycles. The van der Waals surface area contributed by atoms with Gasteiger partial charge in [0, 0.05) is 23.5 Å². The number of rotatable bonds is 3. The van der Waals surface area contributed by atoms with E-state index in [1.807, 2.05) is 19.9 Å². The first-order valence-electron chi connectivity index (χ1n) is 5.97. The van der Waals surface area contributed by atoms with Gasteiger partial charge in [0.1, 0.15) is 5.69 Å². The lowest BCUT2D eigenvalue weighted by Gasteiger charge is -2.06. The van der Waals surface area contributed by atoms with Crippen molar-refractivity contribution in [2.75, 3.05) is 5.32 Å². The van der Waals surface area contributed by atoms with E-state index in [-0.39, 0.29) is 11.6 Å². The molecule has 0 fully saturated rings.